The minimum absolute atomic E-state index is 0.0525. The number of nitro benzene ring substituents is 1. The largest absolute Gasteiger partial charge is 0.493 e. The van der Waals surface area contributed by atoms with Gasteiger partial charge in [-0.2, -0.15) is 8.70 Å². The van der Waals surface area contributed by atoms with E-state index in [2.05, 4.69) is 5.32 Å². The van der Waals surface area contributed by atoms with E-state index in [1.165, 1.54) is 42.8 Å². The third-order valence-electron chi connectivity index (χ3n) is 5.23. The van der Waals surface area contributed by atoms with E-state index in [-0.39, 0.29) is 42.3 Å². The van der Waals surface area contributed by atoms with Gasteiger partial charge in [0, 0.05) is 36.8 Å². The predicted molar refractivity (Wildman–Crippen MR) is 113 cm³/mol. The molecular weight excluding hydrogens is 445 g/mol. The maximum absolute atomic E-state index is 13.5. The highest BCUT2D eigenvalue weighted by molar-refractivity contribution is 7.89. The van der Waals surface area contributed by atoms with Gasteiger partial charge in [0.1, 0.15) is 0 Å². The number of hydrogen-bond donors (Lipinski definition) is 1. The van der Waals surface area contributed by atoms with Gasteiger partial charge in [0.05, 0.1) is 24.0 Å². The zero-order valence-corrected chi connectivity index (χ0v) is 18.2. The molecule has 0 radical (unpaired) electrons. The standard InChI is InChI=1S/C20H22FN3O7S/c1-30-18-6-4-15(12-19(18)31-2)32(28,29)23-9-7-13(8-10-23)20(25)22-14-3-5-16(21)17(11-14)24(26)27/h3-6,11-13H,7-10H2,1-2H3,(H,22,25). The van der Waals surface area contributed by atoms with Gasteiger partial charge in [-0.1, -0.05) is 0 Å². The Balaban J connectivity index is 1.66. The van der Waals surface area contributed by atoms with Crippen molar-refractivity contribution in [2.24, 2.45) is 5.92 Å². The summed E-state index contributed by atoms with van der Waals surface area (Å²) in [5.74, 6) is -1.20. The van der Waals surface area contributed by atoms with Crippen molar-refractivity contribution in [3.05, 3.63) is 52.3 Å². The summed E-state index contributed by atoms with van der Waals surface area (Å²) in [6, 6.07) is 7.41. The molecule has 172 valence electrons. The smallest absolute Gasteiger partial charge is 0.306 e. The number of piperidine rings is 1. The van der Waals surface area contributed by atoms with E-state index in [1.54, 1.807) is 0 Å². The third kappa shape index (κ3) is 4.81. The summed E-state index contributed by atoms with van der Waals surface area (Å²) < 4.78 is 51.0. The first-order chi connectivity index (χ1) is 15.2. The summed E-state index contributed by atoms with van der Waals surface area (Å²) in [6.45, 7) is 0.247. The van der Waals surface area contributed by atoms with E-state index in [0.717, 1.165) is 12.1 Å². The number of rotatable bonds is 7. The van der Waals surface area contributed by atoms with Crippen LogP contribution in [0, 0.1) is 21.8 Å². The maximum Gasteiger partial charge on any atom is 0.306 e. The van der Waals surface area contributed by atoms with Crippen LogP contribution in [-0.2, 0) is 14.8 Å². The Labute approximate surface area is 184 Å². The summed E-state index contributed by atoms with van der Waals surface area (Å²) in [7, 11) is -0.937. The normalized spacial score (nSPS) is 15.2. The van der Waals surface area contributed by atoms with Crippen LogP contribution in [0.5, 0.6) is 11.5 Å². The molecule has 1 aliphatic heterocycles. The fourth-order valence-corrected chi connectivity index (χ4v) is 4.94. The summed E-state index contributed by atoms with van der Waals surface area (Å²) in [5, 5.41) is 13.4. The number of halogens is 1. The first kappa shape index (κ1) is 23.4. The SMILES string of the molecule is COc1ccc(S(=O)(=O)N2CCC(C(=O)Nc3ccc(F)c([N+](=O)[O-])c3)CC2)cc1OC. The molecule has 0 saturated carbocycles. The number of nitro groups is 1. The summed E-state index contributed by atoms with van der Waals surface area (Å²) in [4.78, 5) is 22.6. The molecule has 1 saturated heterocycles. The van der Waals surface area contributed by atoms with Gasteiger partial charge < -0.3 is 14.8 Å². The molecule has 2 aromatic carbocycles. The molecule has 2 aromatic rings. The number of carbonyl (C=O) groups excluding carboxylic acids is 1. The van der Waals surface area contributed by atoms with Crippen LogP contribution in [0.4, 0.5) is 15.8 Å². The predicted octanol–water partition coefficient (Wildman–Crippen LogP) is 2.79. The number of carbonyl (C=O) groups is 1. The second-order valence-corrected chi connectivity index (χ2v) is 9.05. The van der Waals surface area contributed by atoms with Crippen molar-refractivity contribution in [3.63, 3.8) is 0 Å². The van der Waals surface area contributed by atoms with Crippen LogP contribution in [0.25, 0.3) is 0 Å². The molecule has 1 aliphatic rings. The molecule has 0 bridgehead atoms. The minimum Gasteiger partial charge on any atom is -0.493 e. The number of nitrogens with zero attached hydrogens (tertiary/aromatic N) is 2. The number of anilines is 1. The Morgan fingerprint density at radius 2 is 1.78 bits per heavy atom. The van der Waals surface area contributed by atoms with Gasteiger partial charge in [-0.3, -0.25) is 14.9 Å². The van der Waals surface area contributed by atoms with Crippen molar-refractivity contribution in [1.29, 1.82) is 0 Å². The quantitative estimate of drug-likeness (QED) is 0.490. The highest BCUT2D eigenvalue weighted by Gasteiger charge is 2.33. The fraction of sp³-hybridized carbons (Fsp3) is 0.350. The van der Waals surface area contributed by atoms with E-state index in [0.29, 0.717) is 5.75 Å². The lowest BCUT2D eigenvalue weighted by Gasteiger charge is -2.30. The van der Waals surface area contributed by atoms with E-state index < -0.39 is 38.3 Å². The Morgan fingerprint density at radius 1 is 1.12 bits per heavy atom. The molecule has 1 fully saturated rings. The molecule has 1 N–H and O–H groups in total. The average Bonchev–Trinajstić information content (AvgIpc) is 2.79. The molecule has 0 unspecified atom stereocenters. The maximum atomic E-state index is 13.5. The van der Waals surface area contributed by atoms with Crippen LogP contribution in [0.3, 0.4) is 0 Å². The molecule has 10 nitrogen and oxygen atoms in total. The van der Waals surface area contributed by atoms with Gasteiger partial charge in [-0.05, 0) is 37.1 Å². The molecule has 0 spiro atoms. The minimum atomic E-state index is -3.80. The molecule has 3 rings (SSSR count). The lowest BCUT2D eigenvalue weighted by molar-refractivity contribution is -0.387. The van der Waals surface area contributed by atoms with E-state index >= 15 is 0 Å². The number of benzene rings is 2. The Hall–Kier alpha value is -3.25. The molecule has 1 heterocycles. The second kappa shape index (κ2) is 9.49. The Kier molecular flexibility index (Phi) is 6.94. The van der Waals surface area contributed by atoms with Gasteiger partial charge in [0.2, 0.25) is 21.7 Å². The molecule has 0 aliphatic carbocycles. The molecular formula is C20H22FN3O7S. The molecule has 1 amide bonds. The summed E-state index contributed by atoms with van der Waals surface area (Å²) >= 11 is 0. The Morgan fingerprint density at radius 3 is 2.38 bits per heavy atom. The molecule has 32 heavy (non-hydrogen) atoms. The Bertz CT molecular complexity index is 1130. The van der Waals surface area contributed by atoms with Crippen molar-refractivity contribution in [3.8, 4) is 11.5 Å². The van der Waals surface area contributed by atoms with E-state index in [9.17, 15) is 27.7 Å². The topological polar surface area (TPSA) is 128 Å². The van der Waals surface area contributed by atoms with Crippen molar-refractivity contribution in [2.75, 3.05) is 32.6 Å². The summed E-state index contributed by atoms with van der Waals surface area (Å²) in [6.07, 6.45) is 0.531. The van der Waals surface area contributed by atoms with E-state index in [1.807, 2.05) is 0 Å². The van der Waals surface area contributed by atoms with Gasteiger partial charge in [0.15, 0.2) is 11.5 Å². The number of amides is 1. The zero-order valence-electron chi connectivity index (χ0n) is 17.4. The van der Waals surface area contributed by atoms with Crippen LogP contribution < -0.4 is 14.8 Å². The van der Waals surface area contributed by atoms with Crippen LogP contribution in [0.1, 0.15) is 12.8 Å². The van der Waals surface area contributed by atoms with Crippen LogP contribution in [0.15, 0.2) is 41.3 Å². The van der Waals surface area contributed by atoms with Crippen LogP contribution in [0.2, 0.25) is 0 Å². The van der Waals surface area contributed by atoms with Crippen molar-refractivity contribution in [2.45, 2.75) is 17.7 Å². The van der Waals surface area contributed by atoms with Crippen molar-refractivity contribution < 1.29 is 32.0 Å². The summed E-state index contributed by atoms with van der Waals surface area (Å²) in [5.41, 5.74) is -0.637. The number of ether oxygens (including phenoxy) is 2. The van der Waals surface area contributed by atoms with Crippen molar-refractivity contribution in [1.82, 2.24) is 4.31 Å². The lowest BCUT2D eigenvalue weighted by atomic mass is 9.97. The van der Waals surface area contributed by atoms with E-state index in [4.69, 9.17) is 9.47 Å². The number of nitrogens with one attached hydrogen (secondary N) is 1. The first-order valence-electron chi connectivity index (χ1n) is 9.64. The van der Waals surface area contributed by atoms with Gasteiger partial charge in [-0.15, -0.1) is 0 Å². The highest BCUT2D eigenvalue weighted by Crippen LogP contribution is 2.32. The van der Waals surface area contributed by atoms with Gasteiger partial charge in [-0.25, -0.2) is 8.42 Å². The molecule has 0 aromatic heterocycles. The third-order valence-corrected chi connectivity index (χ3v) is 7.12. The monoisotopic (exact) mass is 467 g/mol. The zero-order chi connectivity index (χ0) is 23.5. The number of methoxy groups -OCH3 is 2. The lowest BCUT2D eigenvalue weighted by Crippen LogP contribution is -2.41. The average molecular weight is 467 g/mol. The van der Waals surface area contributed by atoms with Gasteiger partial charge >= 0.3 is 5.69 Å². The van der Waals surface area contributed by atoms with Gasteiger partial charge in [0.25, 0.3) is 0 Å². The molecule has 0 atom stereocenters. The highest BCUT2D eigenvalue weighted by atomic mass is 32.2. The second-order valence-electron chi connectivity index (χ2n) is 7.11. The van der Waals surface area contributed by atoms with Crippen LogP contribution >= 0.6 is 0 Å². The number of sulfonamides is 1. The van der Waals surface area contributed by atoms with Crippen LogP contribution in [-0.4, -0.2) is 50.9 Å². The van der Waals surface area contributed by atoms with Crippen molar-refractivity contribution >= 4 is 27.3 Å². The molecule has 12 heteroatoms. The number of hydrogen-bond acceptors (Lipinski definition) is 7. The first-order valence-corrected chi connectivity index (χ1v) is 11.1. The fourth-order valence-electron chi connectivity index (χ4n) is 3.46.